The van der Waals surface area contributed by atoms with Crippen molar-refractivity contribution < 1.29 is 4.79 Å². The van der Waals surface area contributed by atoms with Crippen LogP contribution >= 0.6 is 12.2 Å². The van der Waals surface area contributed by atoms with Crippen molar-refractivity contribution in [1.82, 2.24) is 15.5 Å². The van der Waals surface area contributed by atoms with Crippen molar-refractivity contribution in [2.45, 2.75) is 45.6 Å². The molecule has 0 radical (unpaired) electrons. The molecule has 1 aromatic carbocycles. The van der Waals surface area contributed by atoms with Gasteiger partial charge < -0.3 is 16.0 Å². The molecule has 0 aromatic heterocycles. The summed E-state index contributed by atoms with van der Waals surface area (Å²) in [5.41, 5.74) is 2.46. The topological polar surface area (TPSA) is 56.4 Å². The molecule has 5 nitrogen and oxygen atoms in total. The molecule has 0 spiro atoms. The normalized spacial score (nSPS) is 18.9. The first-order chi connectivity index (χ1) is 13.1. The molecule has 0 aliphatic carbocycles. The fraction of sp³-hybridized carbons (Fsp3) is 0.619. The van der Waals surface area contributed by atoms with Gasteiger partial charge in [-0.25, -0.2) is 0 Å². The maximum atomic E-state index is 11.9. The van der Waals surface area contributed by atoms with Gasteiger partial charge in [0, 0.05) is 60.9 Å². The number of piperazine rings is 1. The van der Waals surface area contributed by atoms with E-state index < -0.39 is 0 Å². The minimum atomic E-state index is -0.0963. The Balaban J connectivity index is 0.000000239. The molecule has 150 valence electrons. The predicted octanol–water partition coefficient (Wildman–Crippen LogP) is 3.05. The van der Waals surface area contributed by atoms with E-state index in [2.05, 4.69) is 27.8 Å². The van der Waals surface area contributed by atoms with Crippen LogP contribution in [-0.4, -0.2) is 61.5 Å². The largest absolute Gasteiger partial charge is 0.385 e. The van der Waals surface area contributed by atoms with Crippen molar-refractivity contribution in [1.29, 1.82) is 0 Å². The number of carbonyl (C=O) groups is 1. The first-order valence-electron chi connectivity index (χ1n) is 10.2. The predicted molar refractivity (Wildman–Crippen MR) is 118 cm³/mol. The molecule has 0 saturated carbocycles. The van der Waals surface area contributed by atoms with Crippen molar-refractivity contribution in [2.75, 3.05) is 45.1 Å². The van der Waals surface area contributed by atoms with Crippen LogP contribution in [-0.2, 0) is 0 Å². The Kier molecular flexibility index (Phi) is 9.18. The lowest BCUT2D eigenvalue weighted by atomic mass is 10.0. The lowest BCUT2D eigenvalue weighted by Gasteiger charge is -2.29. The summed E-state index contributed by atoms with van der Waals surface area (Å²) in [6.45, 7) is 10.1. The smallest absolute Gasteiger partial charge is 0.251 e. The Hall–Kier alpha value is -1.50. The minimum Gasteiger partial charge on any atom is -0.385 e. The summed E-state index contributed by atoms with van der Waals surface area (Å²) in [6, 6.07) is 6.65. The van der Waals surface area contributed by atoms with Crippen LogP contribution in [0.5, 0.6) is 0 Å². The van der Waals surface area contributed by atoms with Gasteiger partial charge in [-0.05, 0) is 44.4 Å². The monoisotopic (exact) mass is 390 g/mol. The fourth-order valence-electron chi connectivity index (χ4n) is 3.59. The molecule has 1 amide bonds. The molecule has 1 unspecified atom stereocenters. The average molecular weight is 391 g/mol. The lowest BCUT2D eigenvalue weighted by Crippen LogP contribution is -2.47. The number of hydrogen-bond acceptors (Lipinski definition) is 5. The Morgan fingerprint density at radius 1 is 1.30 bits per heavy atom. The zero-order valence-electron chi connectivity index (χ0n) is 16.9. The molecule has 2 heterocycles. The quantitative estimate of drug-likeness (QED) is 0.515. The third kappa shape index (κ3) is 6.26. The molecule has 27 heavy (non-hydrogen) atoms. The van der Waals surface area contributed by atoms with Gasteiger partial charge in [0.1, 0.15) is 0 Å². The van der Waals surface area contributed by atoms with Gasteiger partial charge in [-0.3, -0.25) is 9.69 Å². The number of hydrogen-bond donors (Lipinski definition) is 3. The highest BCUT2D eigenvalue weighted by molar-refractivity contribution is 7.80. The van der Waals surface area contributed by atoms with Crippen molar-refractivity contribution in [2.24, 2.45) is 0 Å². The van der Waals surface area contributed by atoms with Gasteiger partial charge in [-0.2, -0.15) is 0 Å². The summed E-state index contributed by atoms with van der Waals surface area (Å²) in [5.74, 6) is -0.0963. The molecule has 2 aliphatic rings. The fourth-order valence-corrected chi connectivity index (χ4v) is 3.77. The average Bonchev–Trinajstić information content (AvgIpc) is 3.20. The van der Waals surface area contributed by atoms with E-state index >= 15 is 0 Å². The number of fused-ring (bicyclic) bond motifs is 1. The number of anilines is 1. The van der Waals surface area contributed by atoms with Crippen LogP contribution in [0.3, 0.4) is 0 Å². The maximum absolute atomic E-state index is 11.9. The van der Waals surface area contributed by atoms with E-state index in [4.69, 9.17) is 12.2 Å². The Labute approximate surface area is 169 Å². The van der Waals surface area contributed by atoms with Gasteiger partial charge in [0.25, 0.3) is 5.91 Å². The summed E-state index contributed by atoms with van der Waals surface area (Å²) in [5, 5.41) is 9.35. The van der Waals surface area contributed by atoms with Gasteiger partial charge in [-0.15, -0.1) is 0 Å². The van der Waals surface area contributed by atoms with Crippen LogP contribution in [0.1, 0.15) is 55.5 Å². The van der Waals surface area contributed by atoms with Crippen molar-refractivity contribution in [3.05, 3.63) is 29.3 Å². The van der Waals surface area contributed by atoms with Gasteiger partial charge in [0.15, 0.2) is 0 Å². The maximum Gasteiger partial charge on any atom is 0.251 e. The standard InChI is InChI=1S/C14H20N2OS.C7H14N2/c1-4-8-16-10-6-7-11(13(18)5-2)12(9-10)14(17)15-3;1-2-7-6-8-3-5-9(7)4-1/h6-7,9,16H,4-5,8H2,1-3H3,(H,15,17);7-8H,1-6H2. The summed E-state index contributed by atoms with van der Waals surface area (Å²) in [7, 11) is 1.63. The highest BCUT2D eigenvalue weighted by Gasteiger charge is 2.25. The molecule has 1 aromatic rings. The van der Waals surface area contributed by atoms with E-state index in [1.165, 1.54) is 39.0 Å². The Morgan fingerprint density at radius 2 is 2.11 bits per heavy atom. The van der Waals surface area contributed by atoms with E-state index in [-0.39, 0.29) is 5.91 Å². The second-order valence-electron chi connectivity index (χ2n) is 7.08. The highest BCUT2D eigenvalue weighted by Crippen LogP contribution is 2.19. The number of nitrogens with zero attached hydrogens (tertiary/aromatic N) is 1. The van der Waals surface area contributed by atoms with Crippen molar-refractivity contribution in [3.63, 3.8) is 0 Å². The van der Waals surface area contributed by atoms with Crippen LogP contribution in [0.4, 0.5) is 5.69 Å². The minimum absolute atomic E-state index is 0.0963. The van der Waals surface area contributed by atoms with E-state index in [1.54, 1.807) is 7.05 Å². The lowest BCUT2D eigenvalue weighted by molar-refractivity contribution is 0.0963. The zero-order chi connectivity index (χ0) is 19.6. The molecule has 3 N–H and O–H groups in total. The third-order valence-electron chi connectivity index (χ3n) is 5.15. The summed E-state index contributed by atoms with van der Waals surface area (Å²) >= 11 is 5.31. The van der Waals surface area contributed by atoms with Gasteiger partial charge in [0.05, 0.1) is 0 Å². The number of amides is 1. The molecule has 1 atom stereocenters. The summed E-state index contributed by atoms with van der Waals surface area (Å²) in [6.07, 6.45) is 4.66. The third-order valence-corrected chi connectivity index (χ3v) is 5.66. The molecule has 2 saturated heterocycles. The van der Waals surface area contributed by atoms with Gasteiger partial charge in [-0.1, -0.05) is 32.1 Å². The number of thiocarbonyl (C=S) groups is 1. The van der Waals surface area contributed by atoms with Crippen LogP contribution in [0.15, 0.2) is 18.2 Å². The van der Waals surface area contributed by atoms with Gasteiger partial charge in [0.2, 0.25) is 0 Å². The van der Waals surface area contributed by atoms with Crippen LogP contribution in [0.2, 0.25) is 0 Å². The van der Waals surface area contributed by atoms with Crippen molar-refractivity contribution in [3.8, 4) is 0 Å². The van der Waals surface area contributed by atoms with E-state index in [0.717, 1.165) is 41.5 Å². The number of nitrogens with one attached hydrogen (secondary N) is 3. The molecular weight excluding hydrogens is 356 g/mol. The van der Waals surface area contributed by atoms with E-state index in [0.29, 0.717) is 5.56 Å². The molecule has 2 aliphatic heterocycles. The van der Waals surface area contributed by atoms with Crippen LogP contribution in [0, 0.1) is 0 Å². The van der Waals surface area contributed by atoms with Crippen molar-refractivity contribution >= 4 is 28.7 Å². The Morgan fingerprint density at radius 3 is 2.78 bits per heavy atom. The van der Waals surface area contributed by atoms with Gasteiger partial charge >= 0.3 is 0 Å². The molecule has 2 fully saturated rings. The molecular formula is C21H34N4OS. The van der Waals surface area contributed by atoms with E-state index in [9.17, 15) is 4.79 Å². The second-order valence-corrected chi connectivity index (χ2v) is 7.57. The zero-order valence-corrected chi connectivity index (χ0v) is 17.8. The van der Waals surface area contributed by atoms with Crippen LogP contribution in [0.25, 0.3) is 0 Å². The molecule has 3 rings (SSSR count). The summed E-state index contributed by atoms with van der Waals surface area (Å²) < 4.78 is 0. The first kappa shape index (κ1) is 21.8. The summed E-state index contributed by atoms with van der Waals surface area (Å²) in [4.78, 5) is 15.3. The number of rotatable bonds is 6. The molecule has 0 bridgehead atoms. The van der Waals surface area contributed by atoms with Crippen LogP contribution < -0.4 is 16.0 Å². The molecule has 6 heteroatoms. The first-order valence-corrected chi connectivity index (χ1v) is 10.6. The number of benzene rings is 1. The Bertz CT molecular complexity index is 623. The van der Waals surface area contributed by atoms with E-state index in [1.807, 2.05) is 25.1 Å². The number of carbonyl (C=O) groups excluding carboxylic acids is 1. The second kappa shape index (κ2) is 11.4. The highest BCUT2D eigenvalue weighted by atomic mass is 32.1. The SMILES string of the molecule is C1CC2CNCCN2C1.CCCNc1ccc(C(=S)CC)c(C(=O)NC)c1.